The van der Waals surface area contributed by atoms with E-state index in [4.69, 9.17) is 4.74 Å². The maximum Gasteiger partial charge on any atom is 0.332 e. The first kappa shape index (κ1) is 23.0. The summed E-state index contributed by atoms with van der Waals surface area (Å²) < 4.78 is 18.7. The average molecular weight is 461 g/mol. The van der Waals surface area contributed by atoms with Gasteiger partial charge in [-0.05, 0) is 60.5 Å². The molecule has 7 nitrogen and oxygen atoms in total. The lowest BCUT2D eigenvalue weighted by Crippen LogP contribution is -2.37. The fourth-order valence-corrected chi connectivity index (χ4v) is 3.90. The second kappa shape index (κ2) is 9.74. The van der Waals surface area contributed by atoms with Crippen LogP contribution in [-0.2, 0) is 16.1 Å². The number of rotatable bonds is 7. The van der Waals surface area contributed by atoms with E-state index in [0.29, 0.717) is 11.4 Å². The maximum atomic E-state index is 13.5. The molecule has 1 saturated heterocycles. The molecule has 1 atom stereocenters. The van der Waals surface area contributed by atoms with Crippen LogP contribution in [0, 0.1) is 12.7 Å². The number of urea groups is 1. The quantitative estimate of drug-likeness (QED) is 0.525. The first-order valence-electron chi connectivity index (χ1n) is 10.8. The van der Waals surface area contributed by atoms with E-state index in [1.54, 1.807) is 55.6 Å². The standard InChI is InChI=1S/C26H24FN3O4/c1-17-5-3-8-21(13-17)30-25(32)23(15-24(31)28-20-7-4-6-19(27)14-20)29(26(30)33)16-18-9-11-22(34-2)12-10-18/h3-14,23H,15-16H2,1-2H3,(H,28,31)/t23-/m1/s1. The highest BCUT2D eigenvalue weighted by Gasteiger charge is 2.46. The Balaban J connectivity index is 1.61. The molecule has 1 fully saturated rings. The molecule has 0 aliphatic carbocycles. The highest BCUT2D eigenvalue weighted by Crippen LogP contribution is 2.29. The summed E-state index contributed by atoms with van der Waals surface area (Å²) in [6, 6.07) is 18.2. The summed E-state index contributed by atoms with van der Waals surface area (Å²) in [7, 11) is 1.56. The zero-order valence-corrected chi connectivity index (χ0v) is 18.8. The van der Waals surface area contributed by atoms with Gasteiger partial charge in [0.05, 0.1) is 19.2 Å². The smallest absolute Gasteiger partial charge is 0.332 e. The van der Waals surface area contributed by atoms with E-state index in [2.05, 4.69) is 5.32 Å². The highest BCUT2D eigenvalue weighted by atomic mass is 19.1. The molecule has 1 heterocycles. The zero-order chi connectivity index (χ0) is 24.2. The van der Waals surface area contributed by atoms with Crippen LogP contribution in [0.1, 0.15) is 17.5 Å². The first-order valence-corrected chi connectivity index (χ1v) is 10.8. The SMILES string of the molecule is COc1ccc(CN2C(=O)N(c3cccc(C)c3)C(=O)[C@H]2CC(=O)Nc2cccc(F)c2)cc1. The normalized spacial score (nSPS) is 15.6. The van der Waals surface area contributed by atoms with Crippen molar-refractivity contribution in [3.8, 4) is 5.75 Å². The van der Waals surface area contributed by atoms with Crippen LogP contribution in [-0.4, -0.2) is 35.9 Å². The van der Waals surface area contributed by atoms with Gasteiger partial charge in [0.1, 0.15) is 17.6 Å². The van der Waals surface area contributed by atoms with E-state index in [1.807, 2.05) is 13.0 Å². The second-order valence-corrected chi connectivity index (χ2v) is 8.05. The van der Waals surface area contributed by atoms with Crippen LogP contribution >= 0.6 is 0 Å². The summed E-state index contributed by atoms with van der Waals surface area (Å²) in [6.07, 6.45) is -0.264. The molecule has 0 radical (unpaired) electrons. The van der Waals surface area contributed by atoms with Crippen LogP contribution in [0.15, 0.2) is 72.8 Å². The van der Waals surface area contributed by atoms with Crippen molar-refractivity contribution < 1.29 is 23.5 Å². The number of hydrogen-bond acceptors (Lipinski definition) is 4. The van der Waals surface area contributed by atoms with Gasteiger partial charge in [-0.25, -0.2) is 14.1 Å². The third-order valence-corrected chi connectivity index (χ3v) is 5.58. The minimum absolute atomic E-state index is 0.134. The molecule has 174 valence electrons. The van der Waals surface area contributed by atoms with Gasteiger partial charge in [-0.3, -0.25) is 9.59 Å². The summed E-state index contributed by atoms with van der Waals surface area (Å²) in [5, 5.41) is 2.60. The Morgan fingerprint density at radius 3 is 2.44 bits per heavy atom. The number of anilines is 2. The van der Waals surface area contributed by atoms with Crippen molar-refractivity contribution >= 4 is 29.2 Å². The Labute approximate surface area is 196 Å². The minimum Gasteiger partial charge on any atom is -0.497 e. The lowest BCUT2D eigenvalue weighted by atomic mass is 10.1. The fraction of sp³-hybridized carbons (Fsp3) is 0.192. The van der Waals surface area contributed by atoms with E-state index in [9.17, 15) is 18.8 Å². The Bertz CT molecular complexity index is 1230. The summed E-state index contributed by atoms with van der Waals surface area (Å²) in [4.78, 5) is 42.0. The van der Waals surface area contributed by atoms with E-state index in [0.717, 1.165) is 16.0 Å². The molecule has 3 aromatic carbocycles. The number of carbonyl (C=O) groups is 3. The maximum absolute atomic E-state index is 13.5. The highest BCUT2D eigenvalue weighted by molar-refractivity contribution is 6.22. The molecule has 1 aliphatic rings. The molecule has 0 bridgehead atoms. The molecule has 0 unspecified atom stereocenters. The second-order valence-electron chi connectivity index (χ2n) is 8.05. The molecule has 3 aromatic rings. The van der Waals surface area contributed by atoms with Crippen molar-refractivity contribution in [3.63, 3.8) is 0 Å². The lowest BCUT2D eigenvalue weighted by molar-refractivity contribution is -0.124. The number of carbonyl (C=O) groups excluding carboxylic acids is 3. The van der Waals surface area contributed by atoms with Gasteiger partial charge in [0.2, 0.25) is 5.91 Å². The van der Waals surface area contributed by atoms with E-state index >= 15 is 0 Å². The van der Waals surface area contributed by atoms with Crippen molar-refractivity contribution in [2.75, 3.05) is 17.3 Å². The van der Waals surface area contributed by atoms with Crippen LogP contribution in [0.3, 0.4) is 0 Å². The predicted octanol–water partition coefficient (Wildman–Crippen LogP) is 4.51. The third kappa shape index (κ3) is 4.91. The van der Waals surface area contributed by atoms with Gasteiger partial charge in [0, 0.05) is 12.2 Å². The molecule has 34 heavy (non-hydrogen) atoms. The number of aryl methyl sites for hydroxylation is 1. The van der Waals surface area contributed by atoms with Crippen molar-refractivity contribution in [2.45, 2.75) is 25.9 Å². The lowest BCUT2D eigenvalue weighted by Gasteiger charge is -2.22. The van der Waals surface area contributed by atoms with Crippen LogP contribution < -0.4 is 15.0 Å². The molecule has 0 saturated carbocycles. The Kier molecular flexibility index (Phi) is 6.58. The molecule has 8 heteroatoms. The minimum atomic E-state index is -1.01. The molecular formula is C26H24FN3O4. The van der Waals surface area contributed by atoms with Crippen molar-refractivity contribution in [1.82, 2.24) is 4.90 Å². The number of amides is 4. The summed E-state index contributed by atoms with van der Waals surface area (Å²) in [5.74, 6) is -0.808. The molecule has 1 aliphatic heterocycles. The number of nitrogens with one attached hydrogen (secondary N) is 1. The number of methoxy groups -OCH3 is 1. The zero-order valence-electron chi connectivity index (χ0n) is 18.8. The van der Waals surface area contributed by atoms with E-state index in [1.165, 1.54) is 23.1 Å². The van der Waals surface area contributed by atoms with E-state index < -0.39 is 29.7 Å². The Hall–Kier alpha value is -4.20. The molecule has 1 N–H and O–H groups in total. The molecule has 4 amide bonds. The predicted molar refractivity (Wildman–Crippen MR) is 126 cm³/mol. The largest absolute Gasteiger partial charge is 0.497 e. The van der Waals surface area contributed by atoms with Crippen LogP contribution in [0.2, 0.25) is 0 Å². The Morgan fingerprint density at radius 2 is 1.76 bits per heavy atom. The van der Waals surface area contributed by atoms with Crippen molar-refractivity contribution in [2.24, 2.45) is 0 Å². The number of nitrogens with zero attached hydrogens (tertiary/aromatic N) is 2. The molecule has 0 aromatic heterocycles. The summed E-state index contributed by atoms with van der Waals surface area (Å²) >= 11 is 0. The van der Waals surface area contributed by atoms with Gasteiger partial charge in [-0.2, -0.15) is 0 Å². The van der Waals surface area contributed by atoms with Gasteiger partial charge in [-0.15, -0.1) is 0 Å². The first-order chi connectivity index (χ1) is 16.4. The monoisotopic (exact) mass is 461 g/mol. The van der Waals surface area contributed by atoms with E-state index in [-0.39, 0.29) is 18.7 Å². The van der Waals surface area contributed by atoms with Gasteiger partial charge < -0.3 is 15.0 Å². The fourth-order valence-electron chi connectivity index (χ4n) is 3.90. The van der Waals surface area contributed by atoms with Crippen LogP contribution in [0.5, 0.6) is 5.75 Å². The molecule has 4 rings (SSSR count). The Morgan fingerprint density at radius 1 is 1.03 bits per heavy atom. The average Bonchev–Trinajstić information content (AvgIpc) is 3.03. The topological polar surface area (TPSA) is 79.0 Å². The molecule has 0 spiro atoms. The number of ether oxygens (including phenoxy) is 1. The van der Waals surface area contributed by atoms with Crippen molar-refractivity contribution in [3.05, 3.63) is 89.7 Å². The van der Waals surface area contributed by atoms with Crippen LogP contribution in [0.4, 0.5) is 20.6 Å². The van der Waals surface area contributed by atoms with Gasteiger partial charge >= 0.3 is 6.03 Å². The number of halogens is 1. The van der Waals surface area contributed by atoms with Gasteiger partial charge in [0.25, 0.3) is 5.91 Å². The van der Waals surface area contributed by atoms with Gasteiger partial charge in [0.15, 0.2) is 0 Å². The van der Waals surface area contributed by atoms with Gasteiger partial charge in [-0.1, -0.05) is 30.3 Å². The number of hydrogen-bond donors (Lipinski definition) is 1. The molecular weight excluding hydrogens is 437 g/mol. The van der Waals surface area contributed by atoms with Crippen LogP contribution in [0.25, 0.3) is 0 Å². The number of benzene rings is 3. The number of imide groups is 1. The van der Waals surface area contributed by atoms with Crippen molar-refractivity contribution in [1.29, 1.82) is 0 Å². The summed E-state index contributed by atoms with van der Waals surface area (Å²) in [5.41, 5.74) is 2.40. The third-order valence-electron chi connectivity index (χ3n) is 5.58. The summed E-state index contributed by atoms with van der Waals surface area (Å²) in [6.45, 7) is 2.00.